The number of carbonyl (C=O) groups excluding carboxylic acids is 2. The molecule has 0 spiro atoms. The number of amides is 2. The van der Waals surface area contributed by atoms with Gasteiger partial charge in [0.2, 0.25) is 5.91 Å². The second-order valence-corrected chi connectivity index (χ2v) is 7.08. The van der Waals surface area contributed by atoms with Crippen LogP contribution in [0.25, 0.3) is 0 Å². The number of hydrogen-bond donors (Lipinski definition) is 1. The average Bonchev–Trinajstić information content (AvgIpc) is 2.67. The largest absolute Gasteiger partial charge is 0.383 e. The van der Waals surface area contributed by atoms with Gasteiger partial charge in [0.1, 0.15) is 0 Å². The molecule has 2 atom stereocenters. The van der Waals surface area contributed by atoms with E-state index in [1.165, 1.54) is 0 Å². The normalized spacial score (nSPS) is 19.1. The van der Waals surface area contributed by atoms with Crippen LogP contribution in [0.3, 0.4) is 0 Å². The number of nitrogens with zero attached hydrogens (tertiary/aromatic N) is 1. The lowest BCUT2D eigenvalue weighted by Crippen LogP contribution is -2.49. The molecule has 27 heavy (non-hydrogen) atoms. The van der Waals surface area contributed by atoms with Gasteiger partial charge in [0.25, 0.3) is 5.91 Å². The van der Waals surface area contributed by atoms with Crippen LogP contribution >= 0.6 is 0 Å². The van der Waals surface area contributed by atoms with Crippen LogP contribution in [0.2, 0.25) is 0 Å². The Hall–Kier alpha value is -2.66. The lowest BCUT2D eigenvalue weighted by atomic mass is 9.79. The molecule has 1 heterocycles. The number of carbonyl (C=O) groups is 2. The predicted molar refractivity (Wildman–Crippen MR) is 105 cm³/mol. The minimum Gasteiger partial charge on any atom is -0.383 e. The molecule has 0 fully saturated rings. The van der Waals surface area contributed by atoms with Gasteiger partial charge in [-0.3, -0.25) is 9.59 Å². The number of ether oxygens (including phenoxy) is 1. The van der Waals surface area contributed by atoms with Crippen LogP contribution in [-0.4, -0.2) is 43.0 Å². The number of fused-ring (bicyclic) bond motifs is 1. The highest BCUT2D eigenvalue weighted by Crippen LogP contribution is 2.42. The first-order valence-corrected chi connectivity index (χ1v) is 9.28. The van der Waals surface area contributed by atoms with Gasteiger partial charge in [-0.15, -0.1) is 0 Å². The maximum Gasteiger partial charge on any atom is 0.254 e. The Morgan fingerprint density at radius 2 is 1.78 bits per heavy atom. The molecule has 142 valence electrons. The summed E-state index contributed by atoms with van der Waals surface area (Å²) in [6.07, 6.45) is 0. The van der Waals surface area contributed by atoms with E-state index in [9.17, 15) is 9.59 Å². The minimum atomic E-state index is -0.472. The molecule has 0 saturated heterocycles. The molecule has 0 aliphatic carbocycles. The highest BCUT2D eigenvalue weighted by atomic mass is 16.5. The molecule has 1 N–H and O–H groups in total. The molecule has 5 heteroatoms. The molecule has 5 nitrogen and oxygen atoms in total. The van der Waals surface area contributed by atoms with Crippen LogP contribution < -0.4 is 5.32 Å². The topological polar surface area (TPSA) is 58.6 Å². The Labute approximate surface area is 160 Å². The summed E-state index contributed by atoms with van der Waals surface area (Å²) < 4.78 is 5.23. The van der Waals surface area contributed by atoms with E-state index in [0.717, 1.165) is 11.1 Å². The number of hydrogen-bond acceptors (Lipinski definition) is 3. The van der Waals surface area contributed by atoms with E-state index in [1.807, 2.05) is 62.4 Å². The van der Waals surface area contributed by atoms with Crippen LogP contribution in [0.1, 0.15) is 47.3 Å². The predicted octanol–water partition coefficient (Wildman–Crippen LogP) is 3.14. The third-order valence-electron chi connectivity index (χ3n) is 4.83. The third kappa shape index (κ3) is 3.88. The van der Waals surface area contributed by atoms with Crippen LogP contribution in [0, 0.1) is 0 Å². The first-order valence-electron chi connectivity index (χ1n) is 9.28. The van der Waals surface area contributed by atoms with E-state index in [1.54, 1.807) is 18.1 Å². The van der Waals surface area contributed by atoms with Crippen molar-refractivity contribution in [3.8, 4) is 0 Å². The molecule has 2 amide bonds. The van der Waals surface area contributed by atoms with E-state index < -0.39 is 5.92 Å². The highest BCUT2D eigenvalue weighted by molar-refractivity contribution is 6.01. The van der Waals surface area contributed by atoms with Gasteiger partial charge in [-0.1, -0.05) is 48.5 Å². The van der Waals surface area contributed by atoms with Crippen molar-refractivity contribution in [3.05, 3.63) is 71.3 Å². The van der Waals surface area contributed by atoms with Crippen molar-refractivity contribution in [2.45, 2.75) is 31.8 Å². The lowest BCUT2D eigenvalue weighted by Gasteiger charge is -2.42. The summed E-state index contributed by atoms with van der Waals surface area (Å²) >= 11 is 0. The van der Waals surface area contributed by atoms with Crippen LogP contribution in [0.5, 0.6) is 0 Å². The van der Waals surface area contributed by atoms with Crippen molar-refractivity contribution in [2.24, 2.45) is 0 Å². The van der Waals surface area contributed by atoms with Gasteiger partial charge in [0, 0.05) is 25.3 Å². The zero-order valence-electron chi connectivity index (χ0n) is 16.0. The fourth-order valence-electron chi connectivity index (χ4n) is 3.71. The molecule has 3 rings (SSSR count). The van der Waals surface area contributed by atoms with Gasteiger partial charge in [-0.2, -0.15) is 0 Å². The van der Waals surface area contributed by atoms with Crippen LogP contribution in [-0.2, 0) is 9.53 Å². The first kappa shape index (κ1) is 19.1. The van der Waals surface area contributed by atoms with Crippen molar-refractivity contribution in [2.75, 3.05) is 20.3 Å². The van der Waals surface area contributed by atoms with Gasteiger partial charge in [-0.05, 0) is 31.0 Å². The van der Waals surface area contributed by atoms with Gasteiger partial charge in [0.05, 0.1) is 18.6 Å². The fourth-order valence-corrected chi connectivity index (χ4v) is 3.71. The Bertz CT molecular complexity index is 804. The Kier molecular flexibility index (Phi) is 5.91. The summed E-state index contributed by atoms with van der Waals surface area (Å²) in [5.74, 6) is -0.605. The van der Waals surface area contributed by atoms with Crippen LogP contribution in [0.15, 0.2) is 54.6 Å². The van der Waals surface area contributed by atoms with Crippen LogP contribution in [0.4, 0.5) is 0 Å². The van der Waals surface area contributed by atoms with Crippen molar-refractivity contribution in [1.29, 1.82) is 0 Å². The molecule has 2 aromatic carbocycles. The maximum absolute atomic E-state index is 13.2. The van der Waals surface area contributed by atoms with E-state index in [0.29, 0.717) is 18.7 Å². The van der Waals surface area contributed by atoms with Crippen molar-refractivity contribution >= 4 is 11.8 Å². The number of nitrogens with one attached hydrogen (secondary N) is 1. The molecule has 1 aliphatic rings. The smallest absolute Gasteiger partial charge is 0.254 e. The van der Waals surface area contributed by atoms with E-state index in [-0.39, 0.29) is 23.9 Å². The quantitative estimate of drug-likeness (QED) is 0.854. The SMILES string of the molecule is COCCN1C(=O)c2ccccc2[C@@H](C(=O)NC(C)C)[C@@H]1c1ccccc1. The number of methoxy groups -OCH3 is 1. The number of benzene rings is 2. The lowest BCUT2D eigenvalue weighted by molar-refractivity contribution is -0.124. The van der Waals surface area contributed by atoms with E-state index in [4.69, 9.17) is 4.74 Å². The standard InChI is InChI=1S/C22H26N2O3/c1-15(2)23-21(25)19-17-11-7-8-12-18(17)22(26)24(13-14-27-3)20(19)16-9-5-4-6-10-16/h4-12,15,19-20H,13-14H2,1-3H3,(H,23,25)/t19-,20+/m1/s1. The molecule has 0 radical (unpaired) electrons. The zero-order chi connectivity index (χ0) is 19.4. The highest BCUT2D eigenvalue weighted by Gasteiger charge is 2.43. The van der Waals surface area contributed by atoms with E-state index in [2.05, 4.69) is 5.32 Å². The molecule has 1 aliphatic heterocycles. The monoisotopic (exact) mass is 366 g/mol. The second kappa shape index (κ2) is 8.35. The molecular formula is C22H26N2O3. The third-order valence-corrected chi connectivity index (χ3v) is 4.83. The molecule has 0 aromatic heterocycles. The summed E-state index contributed by atoms with van der Waals surface area (Å²) in [5.41, 5.74) is 2.31. The number of rotatable bonds is 6. The molecular weight excluding hydrogens is 340 g/mol. The first-order chi connectivity index (χ1) is 13.0. The van der Waals surface area contributed by atoms with Gasteiger partial charge < -0.3 is 15.0 Å². The van der Waals surface area contributed by atoms with Gasteiger partial charge in [0.15, 0.2) is 0 Å². The summed E-state index contributed by atoms with van der Waals surface area (Å²) in [5, 5.41) is 3.04. The Balaban J connectivity index is 2.15. The maximum atomic E-state index is 13.2. The molecule has 0 bridgehead atoms. The summed E-state index contributed by atoms with van der Waals surface area (Å²) in [6.45, 7) is 4.72. The van der Waals surface area contributed by atoms with Crippen molar-refractivity contribution < 1.29 is 14.3 Å². The van der Waals surface area contributed by atoms with Gasteiger partial charge >= 0.3 is 0 Å². The minimum absolute atomic E-state index is 0.0196. The van der Waals surface area contributed by atoms with Gasteiger partial charge in [-0.25, -0.2) is 0 Å². The zero-order valence-corrected chi connectivity index (χ0v) is 16.0. The summed E-state index contributed by atoms with van der Waals surface area (Å²) in [6, 6.07) is 16.8. The van der Waals surface area contributed by atoms with E-state index >= 15 is 0 Å². The Morgan fingerprint density at radius 3 is 2.44 bits per heavy atom. The van der Waals surface area contributed by atoms with Crippen molar-refractivity contribution in [3.63, 3.8) is 0 Å². The van der Waals surface area contributed by atoms with Crippen molar-refractivity contribution in [1.82, 2.24) is 10.2 Å². The molecule has 2 aromatic rings. The molecule has 0 saturated carbocycles. The average molecular weight is 366 g/mol. The fraction of sp³-hybridized carbons (Fsp3) is 0.364. The summed E-state index contributed by atoms with van der Waals surface area (Å²) in [4.78, 5) is 28.2. The second-order valence-electron chi connectivity index (χ2n) is 7.08. The Morgan fingerprint density at radius 1 is 1.11 bits per heavy atom. The molecule has 0 unspecified atom stereocenters. The summed E-state index contributed by atoms with van der Waals surface area (Å²) in [7, 11) is 1.61.